The first-order valence-electron chi connectivity index (χ1n) is 11.8. The minimum absolute atomic E-state index is 0.0299. The van der Waals surface area contributed by atoms with Gasteiger partial charge >= 0.3 is 0 Å². The van der Waals surface area contributed by atoms with Crippen molar-refractivity contribution in [3.8, 4) is 11.1 Å². The van der Waals surface area contributed by atoms with Crippen molar-refractivity contribution >= 4 is 17.5 Å². The van der Waals surface area contributed by atoms with Gasteiger partial charge in [-0.15, -0.1) is 0 Å². The van der Waals surface area contributed by atoms with E-state index in [2.05, 4.69) is 21.7 Å². The number of benzene rings is 2. The predicted octanol–water partition coefficient (Wildman–Crippen LogP) is 3.70. The summed E-state index contributed by atoms with van der Waals surface area (Å²) in [5.41, 5.74) is 6.11. The van der Waals surface area contributed by atoms with Gasteiger partial charge in [0.25, 0.3) is 11.5 Å². The van der Waals surface area contributed by atoms with Crippen LogP contribution < -0.4 is 16.2 Å². The molecule has 2 aromatic carbocycles. The van der Waals surface area contributed by atoms with Crippen LogP contribution in [0.15, 0.2) is 41.2 Å². The van der Waals surface area contributed by atoms with E-state index in [1.807, 2.05) is 57.2 Å². The molecule has 0 saturated carbocycles. The van der Waals surface area contributed by atoms with E-state index in [9.17, 15) is 14.4 Å². The molecule has 7 heteroatoms. The van der Waals surface area contributed by atoms with Crippen molar-refractivity contribution in [1.29, 1.82) is 0 Å². The predicted molar refractivity (Wildman–Crippen MR) is 134 cm³/mol. The Morgan fingerprint density at radius 1 is 1.06 bits per heavy atom. The highest BCUT2D eigenvalue weighted by molar-refractivity contribution is 6.07. The number of aryl methyl sites for hydroxylation is 3. The van der Waals surface area contributed by atoms with Crippen LogP contribution >= 0.6 is 0 Å². The lowest BCUT2D eigenvalue weighted by Crippen LogP contribution is -2.39. The number of hydrogen-bond acceptors (Lipinski definition) is 4. The van der Waals surface area contributed by atoms with E-state index in [4.69, 9.17) is 4.74 Å². The van der Waals surface area contributed by atoms with Crippen molar-refractivity contribution in [2.45, 2.75) is 45.6 Å². The Hall–Kier alpha value is -3.71. The number of H-pyrrole nitrogens is 1. The first kappa shape index (κ1) is 23.1. The molecular formula is C28H28N3O4. The maximum Gasteiger partial charge on any atom is 0.253 e. The van der Waals surface area contributed by atoms with Gasteiger partial charge in [0.05, 0.1) is 11.0 Å². The maximum atomic E-state index is 13.0. The van der Waals surface area contributed by atoms with Crippen molar-refractivity contribution in [2.75, 3.05) is 18.5 Å². The van der Waals surface area contributed by atoms with Gasteiger partial charge in [-0.1, -0.05) is 24.3 Å². The van der Waals surface area contributed by atoms with Crippen LogP contribution in [0.1, 0.15) is 51.1 Å². The second-order valence-corrected chi connectivity index (χ2v) is 9.46. The standard InChI is InChI=1S/C28H28N3O4/c1-16-4-5-19(13-21(16)25(32)29-15-22-17(2)12-18(3)30-26(22)33)20-6-7-23-24(14-20)31-27(34)28(23)8-10-35-11-9-28/h4-7,12,14H,8-11,15H2,1-3H3,(H,29,32)(H,30,33)(H,31,34). The Morgan fingerprint density at radius 3 is 2.57 bits per heavy atom. The third-order valence-corrected chi connectivity index (χ3v) is 7.18. The molecule has 1 aromatic heterocycles. The molecule has 1 saturated heterocycles. The third kappa shape index (κ3) is 4.06. The number of rotatable bonds is 4. The summed E-state index contributed by atoms with van der Waals surface area (Å²) in [6.45, 7) is 6.83. The van der Waals surface area contributed by atoms with Gasteiger partial charge in [-0.25, -0.2) is 0 Å². The van der Waals surface area contributed by atoms with E-state index < -0.39 is 5.41 Å². The van der Waals surface area contributed by atoms with E-state index in [0.29, 0.717) is 37.2 Å². The molecule has 179 valence electrons. The van der Waals surface area contributed by atoms with Crippen LogP contribution in [0.25, 0.3) is 11.1 Å². The van der Waals surface area contributed by atoms with E-state index in [1.54, 1.807) is 0 Å². The lowest BCUT2D eigenvalue weighted by molar-refractivity contribution is -0.124. The lowest BCUT2D eigenvalue weighted by Gasteiger charge is -2.31. The van der Waals surface area contributed by atoms with Gasteiger partial charge in [-0.3, -0.25) is 14.4 Å². The second-order valence-electron chi connectivity index (χ2n) is 9.46. The summed E-state index contributed by atoms with van der Waals surface area (Å²) >= 11 is 0. The van der Waals surface area contributed by atoms with Crippen LogP contribution in [0, 0.1) is 26.8 Å². The molecule has 7 nitrogen and oxygen atoms in total. The molecule has 5 rings (SSSR count). The average Bonchev–Trinajstić information content (AvgIpc) is 3.09. The van der Waals surface area contributed by atoms with Gasteiger partial charge in [0, 0.05) is 42.8 Å². The average molecular weight is 471 g/mol. The molecule has 1 fully saturated rings. The van der Waals surface area contributed by atoms with Crippen molar-refractivity contribution < 1.29 is 14.3 Å². The zero-order valence-corrected chi connectivity index (χ0v) is 20.1. The Kier molecular flexibility index (Phi) is 5.81. The molecule has 2 aliphatic heterocycles. The quantitative estimate of drug-likeness (QED) is 0.541. The van der Waals surface area contributed by atoms with Crippen molar-refractivity contribution in [3.05, 3.63) is 86.3 Å². The summed E-state index contributed by atoms with van der Waals surface area (Å²) in [6, 6.07) is 14.9. The minimum atomic E-state index is -0.514. The summed E-state index contributed by atoms with van der Waals surface area (Å²) in [5.74, 6) is -0.262. The van der Waals surface area contributed by atoms with Gasteiger partial charge in [-0.05, 0) is 73.6 Å². The number of ether oxygens (including phenoxy) is 1. The summed E-state index contributed by atoms with van der Waals surface area (Å²) < 4.78 is 5.48. The minimum Gasteiger partial charge on any atom is -0.381 e. The van der Waals surface area contributed by atoms with Crippen LogP contribution in [0.5, 0.6) is 0 Å². The SMILES string of the molecule is Cc1cc(C)c(CNC(=O)c2[c]c(-c3ccc4c(c3)NC(=O)C43CCOCC3)ccc2C)c(=O)[nH]1. The number of anilines is 1. The number of carbonyl (C=O) groups excluding carboxylic acids is 2. The number of pyridine rings is 1. The van der Waals surface area contributed by atoms with E-state index in [-0.39, 0.29) is 23.9 Å². The van der Waals surface area contributed by atoms with Crippen LogP contribution in [-0.4, -0.2) is 30.0 Å². The highest BCUT2D eigenvalue weighted by Gasteiger charge is 2.47. The number of carbonyl (C=O) groups is 2. The number of fused-ring (bicyclic) bond motifs is 2. The fourth-order valence-electron chi connectivity index (χ4n) is 5.14. The summed E-state index contributed by atoms with van der Waals surface area (Å²) in [5, 5.41) is 5.91. The number of aromatic amines is 1. The third-order valence-electron chi connectivity index (χ3n) is 7.18. The smallest absolute Gasteiger partial charge is 0.253 e. The van der Waals surface area contributed by atoms with Crippen molar-refractivity contribution in [2.24, 2.45) is 0 Å². The van der Waals surface area contributed by atoms with Crippen molar-refractivity contribution in [1.82, 2.24) is 10.3 Å². The molecule has 1 spiro atoms. The first-order valence-corrected chi connectivity index (χ1v) is 11.8. The van der Waals surface area contributed by atoms with Gasteiger partial charge in [-0.2, -0.15) is 0 Å². The summed E-state index contributed by atoms with van der Waals surface area (Å²) in [7, 11) is 0. The molecule has 3 aromatic rings. The highest BCUT2D eigenvalue weighted by atomic mass is 16.5. The second kappa shape index (κ2) is 8.82. The summed E-state index contributed by atoms with van der Waals surface area (Å²) in [6.07, 6.45) is 1.35. The number of amides is 2. The van der Waals surface area contributed by atoms with E-state index in [0.717, 1.165) is 39.2 Å². The normalized spacial score (nSPS) is 16.1. The Balaban J connectivity index is 1.40. The molecule has 0 aliphatic carbocycles. The molecule has 35 heavy (non-hydrogen) atoms. The van der Waals surface area contributed by atoms with E-state index in [1.165, 1.54) is 0 Å². The topological polar surface area (TPSA) is 100 Å². The molecule has 0 unspecified atom stereocenters. The van der Waals surface area contributed by atoms with Crippen LogP contribution in [0.2, 0.25) is 0 Å². The van der Waals surface area contributed by atoms with Crippen LogP contribution in [0.3, 0.4) is 0 Å². The molecular weight excluding hydrogens is 442 g/mol. The van der Waals surface area contributed by atoms with Crippen LogP contribution in [-0.2, 0) is 21.5 Å². The molecule has 2 aliphatic rings. The zero-order chi connectivity index (χ0) is 24.7. The molecule has 1 radical (unpaired) electrons. The summed E-state index contributed by atoms with van der Waals surface area (Å²) in [4.78, 5) is 40.9. The van der Waals surface area contributed by atoms with Crippen LogP contribution in [0.4, 0.5) is 5.69 Å². The van der Waals surface area contributed by atoms with Gasteiger partial charge in [0.1, 0.15) is 0 Å². The molecule has 0 bridgehead atoms. The Bertz CT molecular complexity index is 1400. The monoisotopic (exact) mass is 470 g/mol. The lowest BCUT2D eigenvalue weighted by atomic mass is 9.75. The fraction of sp³-hybridized carbons (Fsp3) is 0.321. The largest absolute Gasteiger partial charge is 0.381 e. The number of hydrogen-bond donors (Lipinski definition) is 3. The molecule has 3 heterocycles. The Labute approximate surface area is 203 Å². The number of aromatic nitrogens is 1. The molecule has 2 amide bonds. The first-order chi connectivity index (χ1) is 16.8. The van der Waals surface area contributed by atoms with Crippen molar-refractivity contribution in [3.63, 3.8) is 0 Å². The highest BCUT2D eigenvalue weighted by Crippen LogP contribution is 2.45. The Morgan fingerprint density at radius 2 is 1.83 bits per heavy atom. The van der Waals surface area contributed by atoms with E-state index >= 15 is 0 Å². The van der Waals surface area contributed by atoms with Gasteiger partial charge < -0.3 is 20.4 Å². The van der Waals surface area contributed by atoms with Gasteiger partial charge in [0.2, 0.25) is 5.91 Å². The van der Waals surface area contributed by atoms with Gasteiger partial charge in [0.15, 0.2) is 0 Å². The zero-order valence-electron chi connectivity index (χ0n) is 20.1. The maximum absolute atomic E-state index is 13.0. The molecule has 0 atom stereocenters. The fourth-order valence-corrected chi connectivity index (χ4v) is 5.14. The molecule has 3 N–H and O–H groups in total. The number of nitrogens with one attached hydrogen (secondary N) is 3.